The van der Waals surface area contributed by atoms with Crippen LogP contribution >= 0.6 is 12.2 Å². The molecule has 1 heterocycles. The highest BCUT2D eigenvalue weighted by molar-refractivity contribution is 7.80. The highest BCUT2D eigenvalue weighted by atomic mass is 32.1. The zero-order chi connectivity index (χ0) is 13.3. The third kappa shape index (κ3) is 2.10. The van der Waals surface area contributed by atoms with Gasteiger partial charge in [-0.3, -0.25) is 9.89 Å². The SMILES string of the molecule is Cc1nc(CN(C)C(=O)C2(C(N)=S)CCC2)n[nH]1. The number of H-pyrrole nitrogens is 1. The summed E-state index contributed by atoms with van der Waals surface area (Å²) in [6.45, 7) is 2.19. The van der Waals surface area contributed by atoms with Crippen LogP contribution in [0.5, 0.6) is 0 Å². The Morgan fingerprint density at radius 2 is 2.28 bits per heavy atom. The molecule has 1 aliphatic rings. The summed E-state index contributed by atoms with van der Waals surface area (Å²) in [5.74, 6) is 1.31. The predicted molar refractivity (Wildman–Crippen MR) is 70.7 cm³/mol. The molecule has 0 bridgehead atoms. The zero-order valence-corrected chi connectivity index (χ0v) is 11.4. The number of nitrogens with two attached hydrogens (primary N) is 1. The van der Waals surface area contributed by atoms with Gasteiger partial charge in [0.2, 0.25) is 5.91 Å². The lowest BCUT2D eigenvalue weighted by atomic mass is 9.67. The standard InChI is InChI=1S/C11H17N5OS/c1-7-13-8(15-14-7)6-16(2)10(17)11(9(12)18)4-3-5-11/h3-6H2,1-2H3,(H2,12,18)(H,13,14,15). The van der Waals surface area contributed by atoms with Crippen LogP contribution < -0.4 is 5.73 Å². The van der Waals surface area contributed by atoms with Gasteiger partial charge in [-0.1, -0.05) is 18.6 Å². The van der Waals surface area contributed by atoms with E-state index < -0.39 is 5.41 Å². The molecular formula is C11H17N5OS. The fourth-order valence-corrected chi connectivity index (χ4v) is 2.50. The summed E-state index contributed by atoms with van der Waals surface area (Å²) in [5.41, 5.74) is 5.09. The highest BCUT2D eigenvalue weighted by Gasteiger charge is 2.48. The second kappa shape index (κ2) is 4.64. The number of nitrogens with one attached hydrogen (secondary N) is 1. The number of carbonyl (C=O) groups excluding carboxylic acids is 1. The van der Waals surface area contributed by atoms with Crippen LogP contribution in [0.2, 0.25) is 0 Å². The molecule has 0 spiro atoms. The number of carbonyl (C=O) groups is 1. The summed E-state index contributed by atoms with van der Waals surface area (Å²) >= 11 is 5.04. The lowest BCUT2D eigenvalue weighted by Gasteiger charge is -2.41. The Kier molecular flexibility index (Phi) is 3.34. The van der Waals surface area contributed by atoms with E-state index in [4.69, 9.17) is 18.0 Å². The molecular weight excluding hydrogens is 250 g/mol. The first-order valence-corrected chi connectivity index (χ1v) is 6.30. The molecule has 1 fully saturated rings. The van der Waals surface area contributed by atoms with Gasteiger partial charge in [-0.25, -0.2) is 4.98 Å². The molecule has 0 saturated heterocycles. The summed E-state index contributed by atoms with van der Waals surface area (Å²) in [6.07, 6.45) is 2.49. The van der Waals surface area contributed by atoms with Crippen molar-refractivity contribution >= 4 is 23.1 Å². The van der Waals surface area contributed by atoms with Gasteiger partial charge >= 0.3 is 0 Å². The normalized spacial score (nSPS) is 17.0. The molecule has 0 atom stereocenters. The third-order valence-corrected chi connectivity index (χ3v) is 3.85. The Hall–Kier alpha value is -1.50. The van der Waals surface area contributed by atoms with E-state index in [1.165, 1.54) is 0 Å². The molecule has 1 aromatic heterocycles. The lowest BCUT2D eigenvalue weighted by molar-refractivity contribution is -0.141. The van der Waals surface area contributed by atoms with Crippen molar-refractivity contribution in [1.82, 2.24) is 20.1 Å². The van der Waals surface area contributed by atoms with Crippen LogP contribution in [0.1, 0.15) is 30.9 Å². The maximum absolute atomic E-state index is 12.4. The minimum Gasteiger partial charge on any atom is -0.392 e. The quantitative estimate of drug-likeness (QED) is 0.777. The Morgan fingerprint density at radius 1 is 1.61 bits per heavy atom. The van der Waals surface area contributed by atoms with Gasteiger partial charge in [-0.05, 0) is 19.8 Å². The average Bonchev–Trinajstić information content (AvgIpc) is 2.61. The monoisotopic (exact) mass is 267 g/mol. The number of aryl methyl sites for hydroxylation is 1. The molecule has 6 nitrogen and oxygen atoms in total. The van der Waals surface area contributed by atoms with E-state index in [-0.39, 0.29) is 5.91 Å². The van der Waals surface area contributed by atoms with Gasteiger partial charge in [0.15, 0.2) is 5.82 Å². The van der Waals surface area contributed by atoms with Gasteiger partial charge in [0.25, 0.3) is 0 Å². The number of thiocarbonyl (C=S) groups is 1. The summed E-state index contributed by atoms with van der Waals surface area (Å²) in [4.78, 5) is 18.5. The van der Waals surface area contributed by atoms with Crippen molar-refractivity contribution in [3.05, 3.63) is 11.6 Å². The van der Waals surface area contributed by atoms with Crippen molar-refractivity contribution in [2.24, 2.45) is 11.1 Å². The molecule has 0 unspecified atom stereocenters. The Labute approximate surface area is 111 Å². The van der Waals surface area contributed by atoms with Crippen molar-refractivity contribution in [2.45, 2.75) is 32.7 Å². The van der Waals surface area contributed by atoms with Crippen LogP contribution in [0.25, 0.3) is 0 Å². The van der Waals surface area contributed by atoms with Crippen LogP contribution in [-0.2, 0) is 11.3 Å². The van der Waals surface area contributed by atoms with Crippen molar-refractivity contribution in [3.63, 3.8) is 0 Å². The van der Waals surface area contributed by atoms with Gasteiger partial charge in [0.1, 0.15) is 5.82 Å². The molecule has 7 heteroatoms. The molecule has 0 aromatic carbocycles. The molecule has 0 aliphatic heterocycles. The molecule has 1 aliphatic carbocycles. The molecule has 1 aromatic rings. The number of aromatic nitrogens is 3. The van der Waals surface area contributed by atoms with E-state index in [9.17, 15) is 4.79 Å². The molecule has 18 heavy (non-hydrogen) atoms. The first kappa shape index (κ1) is 12.9. The van der Waals surface area contributed by atoms with Gasteiger partial charge in [-0.2, -0.15) is 5.10 Å². The maximum atomic E-state index is 12.4. The number of hydrogen-bond donors (Lipinski definition) is 2. The number of rotatable bonds is 4. The van der Waals surface area contributed by atoms with Crippen molar-refractivity contribution in [3.8, 4) is 0 Å². The minimum absolute atomic E-state index is 0.0243. The molecule has 2 rings (SSSR count). The van der Waals surface area contributed by atoms with E-state index in [1.54, 1.807) is 11.9 Å². The zero-order valence-electron chi connectivity index (χ0n) is 10.6. The second-order valence-electron chi connectivity index (χ2n) is 4.80. The lowest BCUT2D eigenvalue weighted by Crippen LogP contribution is -2.53. The molecule has 1 saturated carbocycles. The average molecular weight is 267 g/mol. The first-order valence-electron chi connectivity index (χ1n) is 5.89. The predicted octanol–water partition coefficient (Wildman–Crippen LogP) is 0.528. The van der Waals surface area contributed by atoms with Crippen molar-refractivity contribution in [1.29, 1.82) is 0 Å². The van der Waals surface area contributed by atoms with Crippen LogP contribution in [-0.4, -0.2) is 38.0 Å². The van der Waals surface area contributed by atoms with Crippen molar-refractivity contribution < 1.29 is 4.79 Å². The number of aromatic amines is 1. The van der Waals surface area contributed by atoms with Crippen LogP contribution in [0.15, 0.2) is 0 Å². The Bertz CT molecular complexity index is 480. The maximum Gasteiger partial charge on any atom is 0.235 e. The summed E-state index contributed by atoms with van der Waals surface area (Å²) in [5, 5.41) is 6.77. The van der Waals surface area contributed by atoms with E-state index in [0.29, 0.717) is 17.4 Å². The van der Waals surface area contributed by atoms with E-state index in [1.807, 2.05) is 6.92 Å². The Morgan fingerprint density at radius 3 is 2.67 bits per heavy atom. The van der Waals surface area contributed by atoms with E-state index in [0.717, 1.165) is 25.1 Å². The van der Waals surface area contributed by atoms with Gasteiger partial charge in [0.05, 0.1) is 16.9 Å². The van der Waals surface area contributed by atoms with Crippen LogP contribution in [0, 0.1) is 12.3 Å². The number of nitrogens with zero attached hydrogens (tertiary/aromatic N) is 3. The van der Waals surface area contributed by atoms with Gasteiger partial charge in [0, 0.05) is 7.05 Å². The first-order chi connectivity index (χ1) is 8.45. The molecule has 1 amide bonds. The van der Waals surface area contributed by atoms with Crippen LogP contribution in [0.3, 0.4) is 0 Å². The minimum atomic E-state index is -0.630. The number of amides is 1. The Balaban J connectivity index is 2.07. The molecule has 98 valence electrons. The third-order valence-electron chi connectivity index (χ3n) is 3.46. The molecule has 0 radical (unpaired) electrons. The van der Waals surface area contributed by atoms with Crippen molar-refractivity contribution in [2.75, 3.05) is 7.05 Å². The largest absolute Gasteiger partial charge is 0.392 e. The smallest absolute Gasteiger partial charge is 0.235 e. The summed E-state index contributed by atoms with van der Waals surface area (Å²) < 4.78 is 0. The molecule has 3 N–H and O–H groups in total. The second-order valence-corrected chi connectivity index (χ2v) is 5.24. The summed E-state index contributed by atoms with van der Waals surface area (Å²) in [7, 11) is 1.73. The van der Waals surface area contributed by atoms with Crippen LogP contribution in [0.4, 0.5) is 0 Å². The van der Waals surface area contributed by atoms with E-state index in [2.05, 4.69) is 15.2 Å². The fraction of sp³-hybridized carbons (Fsp3) is 0.636. The van der Waals surface area contributed by atoms with Gasteiger partial charge < -0.3 is 10.6 Å². The van der Waals surface area contributed by atoms with E-state index >= 15 is 0 Å². The number of hydrogen-bond acceptors (Lipinski definition) is 4. The highest BCUT2D eigenvalue weighted by Crippen LogP contribution is 2.42. The van der Waals surface area contributed by atoms with Gasteiger partial charge in [-0.15, -0.1) is 0 Å². The topological polar surface area (TPSA) is 87.9 Å². The summed E-state index contributed by atoms with van der Waals surface area (Å²) in [6, 6.07) is 0. The fourth-order valence-electron chi connectivity index (χ4n) is 2.20.